The maximum atomic E-state index is 11.0. The van der Waals surface area contributed by atoms with Crippen LogP contribution in [0.3, 0.4) is 0 Å². The van der Waals surface area contributed by atoms with Gasteiger partial charge in [0.1, 0.15) is 0 Å². The van der Waals surface area contributed by atoms with E-state index in [0.717, 1.165) is 19.3 Å². The molecule has 0 aliphatic carbocycles. The van der Waals surface area contributed by atoms with Gasteiger partial charge in [-0.2, -0.15) is 0 Å². The van der Waals surface area contributed by atoms with Crippen molar-refractivity contribution in [1.82, 2.24) is 0 Å². The van der Waals surface area contributed by atoms with Gasteiger partial charge in [-0.1, -0.05) is 0 Å². The summed E-state index contributed by atoms with van der Waals surface area (Å²) in [7, 11) is 0. The molecule has 11 heavy (non-hydrogen) atoms. The number of rotatable bonds is 5. The molecule has 0 N–H and O–H groups in total. The van der Waals surface area contributed by atoms with Crippen LogP contribution in [0.1, 0.15) is 33.1 Å². The first-order chi connectivity index (χ1) is 5.22. The SMILES string of the molecule is CCCC[CH]([Zr])C(=O)OCC. The first kappa shape index (κ1) is 11.4. The van der Waals surface area contributed by atoms with Gasteiger partial charge < -0.3 is 0 Å². The van der Waals surface area contributed by atoms with Crippen LogP contribution in [0.25, 0.3) is 0 Å². The van der Waals surface area contributed by atoms with Gasteiger partial charge in [-0.15, -0.1) is 0 Å². The summed E-state index contributed by atoms with van der Waals surface area (Å²) in [6.07, 6.45) is 3.28. The Morgan fingerprint density at radius 3 is 2.64 bits per heavy atom. The quantitative estimate of drug-likeness (QED) is 0.681. The Kier molecular flexibility index (Phi) is 7.25. The Labute approximate surface area is 83.5 Å². The van der Waals surface area contributed by atoms with E-state index in [1.54, 1.807) is 0 Å². The standard InChI is InChI=1S/C8H15O2.Zr/c1-3-5-6-7-8(9)10-4-2;/h7H,3-6H2,1-2H3;. The van der Waals surface area contributed by atoms with Crippen molar-refractivity contribution >= 4 is 5.97 Å². The van der Waals surface area contributed by atoms with E-state index < -0.39 is 0 Å². The fourth-order valence-electron chi connectivity index (χ4n) is 0.769. The molecular weight excluding hydrogens is 219 g/mol. The van der Waals surface area contributed by atoms with E-state index in [2.05, 4.69) is 6.92 Å². The van der Waals surface area contributed by atoms with Gasteiger partial charge in [-0.3, -0.25) is 0 Å². The van der Waals surface area contributed by atoms with Gasteiger partial charge in [0.2, 0.25) is 0 Å². The van der Waals surface area contributed by atoms with Crippen molar-refractivity contribution in [2.24, 2.45) is 0 Å². The zero-order valence-electron chi connectivity index (χ0n) is 7.22. The molecule has 0 rings (SSSR count). The number of ether oxygens (including phenoxy) is 1. The molecule has 0 saturated heterocycles. The third-order valence-electron chi connectivity index (χ3n) is 1.42. The molecule has 0 fully saturated rings. The van der Waals surface area contributed by atoms with Crippen molar-refractivity contribution in [2.45, 2.75) is 36.7 Å². The number of unbranched alkanes of at least 4 members (excludes halogenated alkanes) is 1. The molecule has 0 saturated carbocycles. The zero-order valence-corrected chi connectivity index (χ0v) is 9.68. The molecule has 0 radical (unpaired) electrons. The average Bonchev–Trinajstić information content (AvgIpc) is 2.00. The number of carbonyl (C=O) groups excluding carboxylic acids is 1. The fourth-order valence-corrected chi connectivity index (χ4v) is 1.48. The van der Waals surface area contributed by atoms with Crippen molar-refractivity contribution in [3.05, 3.63) is 0 Å². The minimum atomic E-state index is -0.0147. The van der Waals surface area contributed by atoms with Crippen molar-refractivity contribution < 1.29 is 34.3 Å². The Balaban J connectivity index is 3.46. The normalized spacial score (nSPS) is 12.5. The number of carbonyl (C=O) groups is 1. The second-order valence-electron chi connectivity index (χ2n) is 2.45. The summed E-state index contributed by atoms with van der Waals surface area (Å²) in [5, 5.41) is 0. The summed E-state index contributed by atoms with van der Waals surface area (Å²) in [5.74, 6) is -0.0147. The Bertz CT molecular complexity index is 115. The van der Waals surface area contributed by atoms with Gasteiger partial charge in [0.05, 0.1) is 0 Å². The van der Waals surface area contributed by atoms with Crippen LogP contribution < -0.4 is 0 Å². The van der Waals surface area contributed by atoms with Crippen LogP contribution in [0.15, 0.2) is 0 Å². The Morgan fingerprint density at radius 2 is 2.18 bits per heavy atom. The molecule has 0 aliphatic rings. The Morgan fingerprint density at radius 1 is 1.55 bits per heavy atom. The first-order valence-electron chi connectivity index (χ1n) is 4.10. The topological polar surface area (TPSA) is 26.3 Å². The second kappa shape index (κ2) is 7.03. The predicted octanol–water partition coefficient (Wildman–Crippen LogP) is 2.08. The molecule has 2 nitrogen and oxygen atoms in total. The molecule has 0 aromatic heterocycles. The summed E-state index contributed by atoms with van der Waals surface area (Å²) in [4.78, 5) is 11.0. The molecule has 1 atom stereocenters. The predicted molar refractivity (Wildman–Crippen MR) is 39.9 cm³/mol. The maximum absolute atomic E-state index is 11.0. The van der Waals surface area contributed by atoms with Gasteiger partial charge in [0.15, 0.2) is 0 Å². The van der Waals surface area contributed by atoms with Crippen LogP contribution in [0, 0.1) is 0 Å². The number of hydrogen-bond acceptors (Lipinski definition) is 2. The van der Waals surface area contributed by atoms with Crippen LogP contribution in [0.4, 0.5) is 0 Å². The number of esters is 1. The van der Waals surface area contributed by atoms with E-state index >= 15 is 0 Å². The van der Waals surface area contributed by atoms with E-state index in [1.807, 2.05) is 6.92 Å². The monoisotopic (exact) mass is 233 g/mol. The van der Waals surface area contributed by atoms with Gasteiger partial charge in [0, 0.05) is 0 Å². The molecule has 0 aromatic carbocycles. The molecule has 63 valence electrons. The van der Waals surface area contributed by atoms with Crippen LogP contribution in [-0.2, 0) is 34.3 Å². The molecule has 0 heterocycles. The van der Waals surface area contributed by atoms with Gasteiger partial charge >= 0.3 is 83.6 Å². The third-order valence-corrected chi connectivity index (χ3v) is 2.71. The van der Waals surface area contributed by atoms with Crippen molar-refractivity contribution in [1.29, 1.82) is 0 Å². The summed E-state index contributed by atoms with van der Waals surface area (Å²) >= 11 is 1.28. The summed E-state index contributed by atoms with van der Waals surface area (Å²) in [5.41, 5.74) is 0. The zero-order chi connectivity index (χ0) is 8.69. The van der Waals surface area contributed by atoms with E-state index in [1.165, 1.54) is 24.7 Å². The molecule has 3 heteroatoms. The molecule has 0 aliphatic heterocycles. The minimum absolute atomic E-state index is 0.0147. The van der Waals surface area contributed by atoms with Crippen LogP contribution in [0.5, 0.6) is 0 Å². The molecular formula is C8H15O2Zr. The average molecular weight is 234 g/mol. The summed E-state index contributed by atoms with van der Waals surface area (Å²) in [6.45, 7) is 4.49. The van der Waals surface area contributed by atoms with Gasteiger partial charge in [0.25, 0.3) is 0 Å². The summed E-state index contributed by atoms with van der Waals surface area (Å²) < 4.78 is 5.05. The molecule has 0 amide bonds. The molecule has 0 bridgehead atoms. The van der Waals surface area contributed by atoms with Crippen molar-refractivity contribution in [3.63, 3.8) is 0 Å². The van der Waals surface area contributed by atoms with E-state index in [-0.39, 0.29) is 9.60 Å². The Hall–Kier alpha value is 0.353. The number of hydrogen-bond donors (Lipinski definition) is 0. The van der Waals surface area contributed by atoms with Crippen LogP contribution in [-0.4, -0.2) is 12.6 Å². The van der Waals surface area contributed by atoms with E-state index in [9.17, 15) is 4.79 Å². The summed E-state index contributed by atoms with van der Waals surface area (Å²) in [6, 6.07) is 0. The van der Waals surface area contributed by atoms with E-state index in [0.29, 0.717) is 6.61 Å². The van der Waals surface area contributed by atoms with Crippen LogP contribution in [0.2, 0.25) is 3.63 Å². The van der Waals surface area contributed by atoms with Crippen LogP contribution >= 0.6 is 0 Å². The van der Waals surface area contributed by atoms with Gasteiger partial charge in [-0.25, -0.2) is 0 Å². The van der Waals surface area contributed by atoms with Crippen molar-refractivity contribution in [2.75, 3.05) is 6.61 Å². The molecule has 0 aromatic rings. The van der Waals surface area contributed by atoms with Crippen molar-refractivity contribution in [3.8, 4) is 0 Å². The fraction of sp³-hybridized carbons (Fsp3) is 0.875. The molecule has 1 unspecified atom stereocenters. The second-order valence-corrected chi connectivity index (χ2v) is 4.16. The first-order valence-corrected chi connectivity index (χ1v) is 5.52. The van der Waals surface area contributed by atoms with Gasteiger partial charge in [-0.05, 0) is 0 Å². The molecule has 0 spiro atoms. The van der Waals surface area contributed by atoms with E-state index in [4.69, 9.17) is 4.74 Å². The third kappa shape index (κ3) is 5.60.